The second kappa shape index (κ2) is 5.83. The van der Waals surface area contributed by atoms with Gasteiger partial charge in [0.05, 0.1) is 17.6 Å². The molecule has 0 aliphatic carbocycles. The quantitative estimate of drug-likeness (QED) is 0.790. The predicted molar refractivity (Wildman–Crippen MR) is 68.9 cm³/mol. The molecule has 20 heavy (non-hydrogen) atoms. The van der Waals surface area contributed by atoms with Gasteiger partial charge in [0.2, 0.25) is 11.9 Å². The van der Waals surface area contributed by atoms with Crippen LogP contribution in [-0.2, 0) is 16.1 Å². The summed E-state index contributed by atoms with van der Waals surface area (Å²) >= 11 is 0. The molecule has 2 aromatic rings. The molecule has 3 N–H and O–H groups in total. The van der Waals surface area contributed by atoms with Crippen molar-refractivity contribution in [2.24, 2.45) is 0 Å². The van der Waals surface area contributed by atoms with Crippen molar-refractivity contribution in [2.75, 3.05) is 26.0 Å². The van der Waals surface area contributed by atoms with Gasteiger partial charge in [0.15, 0.2) is 11.6 Å². The normalized spacial score (nSPS) is 10.9. The molecule has 0 radical (unpaired) electrons. The Morgan fingerprint density at radius 2 is 2.15 bits per heavy atom. The lowest BCUT2D eigenvalue weighted by atomic mass is 10.3. The van der Waals surface area contributed by atoms with E-state index in [0.717, 1.165) is 12.1 Å². The number of amides is 1. The Labute approximate surface area is 113 Å². The summed E-state index contributed by atoms with van der Waals surface area (Å²) in [6, 6.07) is 1.91. The fourth-order valence-electron chi connectivity index (χ4n) is 1.80. The zero-order valence-electron chi connectivity index (χ0n) is 10.8. The molecular formula is C12H14F2N4O2. The minimum atomic E-state index is -1.02. The number of carbonyl (C=O) groups is 1. The van der Waals surface area contributed by atoms with E-state index < -0.39 is 11.6 Å². The third kappa shape index (κ3) is 2.85. The first-order valence-electron chi connectivity index (χ1n) is 5.89. The van der Waals surface area contributed by atoms with Crippen LogP contribution in [0.3, 0.4) is 0 Å². The van der Waals surface area contributed by atoms with E-state index in [4.69, 9.17) is 10.5 Å². The van der Waals surface area contributed by atoms with E-state index in [0.29, 0.717) is 13.2 Å². The van der Waals surface area contributed by atoms with Crippen molar-refractivity contribution < 1.29 is 18.3 Å². The zero-order valence-corrected chi connectivity index (χ0v) is 10.8. The third-order valence-electron chi connectivity index (χ3n) is 2.75. The highest BCUT2D eigenvalue weighted by Gasteiger charge is 2.14. The molecule has 0 saturated heterocycles. The molecule has 2 rings (SSSR count). The van der Waals surface area contributed by atoms with Crippen molar-refractivity contribution >= 4 is 22.9 Å². The van der Waals surface area contributed by atoms with Gasteiger partial charge in [0.25, 0.3) is 0 Å². The Morgan fingerprint density at radius 1 is 1.45 bits per heavy atom. The standard InChI is InChI=1S/C12H14F2N4O2/c1-20-3-2-16-11(19)6-18-10-5-8(14)7(13)4-9(10)17-12(18)15/h4-5H,2-3,6H2,1H3,(H2,15,17)(H,16,19). The number of hydrogen-bond acceptors (Lipinski definition) is 4. The van der Waals surface area contributed by atoms with Crippen LogP contribution in [0.2, 0.25) is 0 Å². The van der Waals surface area contributed by atoms with Crippen LogP contribution >= 0.6 is 0 Å². The number of carbonyl (C=O) groups excluding carboxylic acids is 1. The summed E-state index contributed by atoms with van der Waals surface area (Å²) in [4.78, 5) is 15.6. The lowest BCUT2D eigenvalue weighted by molar-refractivity contribution is -0.121. The second-order valence-corrected chi connectivity index (χ2v) is 4.15. The van der Waals surface area contributed by atoms with E-state index in [9.17, 15) is 13.6 Å². The first-order chi connectivity index (χ1) is 9.52. The van der Waals surface area contributed by atoms with E-state index in [2.05, 4.69) is 10.3 Å². The van der Waals surface area contributed by atoms with Crippen LogP contribution < -0.4 is 11.1 Å². The zero-order chi connectivity index (χ0) is 14.7. The summed E-state index contributed by atoms with van der Waals surface area (Å²) in [5.41, 5.74) is 6.13. The van der Waals surface area contributed by atoms with Crippen LogP contribution in [0.1, 0.15) is 0 Å². The highest BCUT2D eigenvalue weighted by molar-refractivity contribution is 5.82. The summed E-state index contributed by atoms with van der Waals surface area (Å²) in [7, 11) is 1.52. The number of imidazole rings is 1. The smallest absolute Gasteiger partial charge is 0.240 e. The number of halogens is 2. The Balaban J connectivity index is 2.23. The van der Waals surface area contributed by atoms with Crippen LogP contribution in [0, 0.1) is 11.6 Å². The fourth-order valence-corrected chi connectivity index (χ4v) is 1.80. The summed E-state index contributed by atoms with van der Waals surface area (Å²) < 4.78 is 32.5. The summed E-state index contributed by atoms with van der Waals surface area (Å²) in [5.74, 6) is -2.32. The molecule has 0 fully saturated rings. The number of methoxy groups -OCH3 is 1. The highest BCUT2D eigenvalue weighted by atomic mass is 19.2. The molecule has 108 valence electrons. The van der Waals surface area contributed by atoms with Crippen LogP contribution in [0.4, 0.5) is 14.7 Å². The van der Waals surface area contributed by atoms with Gasteiger partial charge in [0.1, 0.15) is 6.54 Å². The van der Waals surface area contributed by atoms with Crippen molar-refractivity contribution in [2.45, 2.75) is 6.54 Å². The van der Waals surface area contributed by atoms with Gasteiger partial charge in [-0.2, -0.15) is 0 Å². The van der Waals surface area contributed by atoms with Gasteiger partial charge in [-0.1, -0.05) is 0 Å². The topological polar surface area (TPSA) is 82.2 Å². The van der Waals surface area contributed by atoms with E-state index in [1.807, 2.05) is 0 Å². The van der Waals surface area contributed by atoms with Gasteiger partial charge in [-0.15, -0.1) is 0 Å². The van der Waals surface area contributed by atoms with Crippen LogP contribution in [0.5, 0.6) is 0 Å². The average molecular weight is 284 g/mol. The van der Waals surface area contributed by atoms with Crippen LogP contribution in [-0.4, -0.2) is 35.7 Å². The third-order valence-corrected chi connectivity index (χ3v) is 2.75. The van der Waals surface area contributed by atoms with Gasteiger partial charge in [-0.25, -0.2) is 13.8 Å². The highest BCUT2D eigenvalue weighted by Crippen LogP contribution is 2.20. The lowest BCUT2D eigenvalue weighted by Gasteiger charge is -2.07. The minimum Gasteiger partial charge on any atom is -0.383 e. The first-order valence-corrected chi connectivity index (χ1v) is 5.89. The number of nitrogens with zero attached hydrogens (tertiary/aromatic N) is 2. The maximum Gasteiger partial charge on any atom is 0.240 e. The molecule has 1 aromatic carbocycles. The van der Waals surface area contributed by atoms with Crippen molar-refractivity contribution in [3.05, 3.63) is 23.8 Å². The van der Waals surface area contributed by atoms with Crippen molar-refractivity contribution in [1.82, 2.24) is 14.9 Å². The van der Waals surface area contributed by atoms with Crippen molar-refractivity contribution in [1.29, 1.82) is 0 Å². The van der Waals surface area contributed by atoms with Gasteiger partial charge < -0.3 is 20.4 Å². The summed E-state index contributed by atoms with van der Waals surface area (Å²) in [5, 5.41) is 2.60. The number of rotatable bonds is 5. The molecule has 8 heteroatoms. The number of nitrogen functional groups attached to an aromatic ring is 1. The Kier molecular flexibility index (Phi) is 4.14. The molecule has 0 aliphatic heterocycles. The number of fused-ring (bicyclic) bond motifs is 1. The van der Waals surface area contributed by atoms with Gasteiger partial charge in [-0.3, -0.25) is 4.79 Å². The first kappa shape index (κ1) is 14.2. The molecule has 6 nitrogen and oxygen atoms in total. The number of nitrogens with two attached hydrogens (primary N) is 1. The number of nitrogens with one attached hydrogen (secondary N) is 1. The lowest BCUT2D eigenvalue weighted by Crippen LogP contribution is -2.30. The maximum absolute atomic E-state index is 13.2. The molecule has 1 aromatic heterocycles. The van der Waals surface area contributed by atoms with Gasteiger partial charge in [0, 0.05) is 25.8 Å². The largest absolute Gasteiger partial charge is 0.383 e. The number of aromatic nitrogens is 2. The molecular weight excluding hydrogens is 270 g/mol. The minimum absolute atomic E-state index is 0.0203. The number of ether oxygens (including phenoxy) is 1. The number of hydrogen-bond donors (Lipinski definition) is 2. The molecule has 0 saturated carbocycles. The van der Waals surface area contributed by atoms with E-state index in [1.54, 1.807) is 0 Å². The van der Waals surface area contributed by atoms with Crippen LogP contribution in [0.15, 0.2) is 12.1 Å². The second-order valence-electron chi connectivity index (χ2n) is 4.15. The summed E-state index contributed by atoms with van der Waals surface area (Å²) in [6.45, 7) is 0.605. The number of benzene rings is 1. The molecule has 1 heterocycles. The molecule has 0 spiro atoms. The molecule has 0 bridgehead atoms. The molecule has 0 atom stereocenters. The Bertz CT molecular complexity index is 642. The van der Waals surface area contributed by atoms with Crippen molar-refractivity contribution in [3.8, 4) is 0 Å². The van der Waals surface area contributed by atoms with Crippen molar-refractivity contribution in [3.63, 3.8) is 0 Å². The number of anilines is 1. The Morgan fingerprint density at radius 3 is 2.85 bits per heavy atom. The van der Waals surface area contributed by atoms with E-state index >= 15 is 0 Å². The predicted octanol–water partition coefficient (Wildman–Crippen LogP) is 0.659. The van der Waals surface area contributed by atoms with Gasteiger partial charge in [-0.05, 0) is 0 Å². The Hall–Kier alpha value is -2.22. The maximum atomic E-state index is 13.2. The average Bonchev–Trinajstić information content (AvgIpc) is 2.67. The van der Waals surface area contributed by atoms with E-state index in [-0.39, 0.29) is 29.4 Å². The monoisotopic (exact) mass is 284 g/mol. The SMILES string of the molecule is COCCNC(=O)Cn1c(N)nc2cc(F)c(F)cc21. The molecule has 0 unspecified atom stereocenters. The van der Waals surface area contributed by atoms with Gasteiger partial charge >= 0.3 is 0 Å². The molecule has 0 aliphatic rings. The summed E-state index contributed by atoms with van der Waals surface area (Å²) in [6.07, 6.45) is 0. The van der Waals surface area contributed by atoms with Crippen LogP contribution in [0.25, 0.3) is 11.0 Å². The fraction of sp³-hybridized carbons (Fsp3) is 0.333. The molecule has 1 amide bonds. The van der Waals surface area contributed by atoms with E-state index in [1.165, 1.54) is 11.7 Å².